The Morgan fingerprint density at radius 2 is 1.04 bits per heavy atom. The third-order valence-corrected chi connectivity index (χ3v) is 7.56. The van der Waals surface area contributed by atoms with Crippen LogP contribution in [0.3, 0.4) is 0 Å². The van der Waals surface area contributed by atoms with Gasteiger partial charge in [-0.15, -0.1) is 0 Å². The second kappa shape index (κ2) is 7.94. The molecule has 0 radical (unpaired) electrons. The normalized spacial score (nSPS) is 44.0. The van der Waals surface area contributed by atoms with E-state index in [1.807, 2.05) is 0 Å². The number of epoxide rings is 2. The summed E-state index contributed by atoms with van der Waals surface area (Å²) in [6.45, 7) is 1.09. The van der Waals surface area contributed by atoms with Crippen LogP contribution in [0.25, 0.3) is 0 Å². The minimum Gasteiger partial charge on any atom is -0.465 e. The maximum atomic E-state index is 12.3. The number of fused-ring (bicyclic) bond motifs is 2. The zero-order chi connectivity index (χ0) is 19.1. The van der Waals surface area contributed by atoms with Crippen molar-refractivity contribution in [1.29, 1.82) is 0 Å². The van der Waals surface area contributed by atoms with Gasteiger partial charge in [-0.1, -0.05) is 0 Å². The van der Waals surface area contributed by atoms with E-state index >= 15 is 0 Å². The minimum atomic E-state index is -0.0284. The SMILES string of the molecule is O=C(OCC1CCC(COC(=O)[C@@H]2CC[C@H]3O[C@@H]3C2)CC1)[C@@H]1CC[C@H]2O[C@@H]2C1. The lowest BCUT2D eigenvalue weighted by molar-refractivity contribution is -0.153. The van der Waals surface area contributed by atoms with Crippen molar-refractivity contribution < 1.29 is 28.5 Å². The molecule has 6 heteroatoms. The van der Waals surface area contributed by atoms with Gasteiger partial charge in [-0.2, -0.15) is 0 Å². The van der Waals surface area contributed by atoms with E-state index < -0.39 is 0 Å². The van der Waals surface area contributed by atoms with Crippen LogP contribution in [0.5, 0.6) is 0 Å². The van der Waals surface area contributed by atoms with Gasteiger partial charge in [0.15, 0.2) is 0 Å². The molecule has 0 N–H and O–H groups in total. The zero-order valence-corrected chi connectivity index (χ0v) is 16.6. The minimum absolute atomic E-state index is 0.0284. The predicted octanol–water partition coefficient (Wildman–Crippen LogP) is 3.01. The van der Waals surface area contributed by atoms with Gasteiger partial charge in [-0.25, -0.2) is 0 Å². The van der Waals surface area contributed by atoms with Crippen molar-refractivity contribution in [3.8, 4) is 0 Å². The van der Waals surface area contributed by atoms with Gasteiger partial charge in [0.05, 0.1) is 49.5 Å². The van der Waals surface area contributed by atoms with E-state index in [0.717, 1.165) is 64.2 Å². The highest BCUT2D eigenvalue weighted by Crippen LogP contribution is 2.41. The third kappa shape index (κ3) is 4.38. The Balaban J connectivity index is 0.961. The van der Waals surface area contributed by atoms with Crippen molar-refractivity contribution in [1.82, 2.24) is 0 Å². The number of rotatable bonds is 6. The largest absolute Gasteiger partial charge is 0.465 e. The van der Waals surface area contributed by atoms with Gasteiger partial charge in [-0.3, -0.25) is 9.59 Å². The number of ether oxygens (including phenoxy) is 4. The predicted molar refractivity (Wildman–Crippen MR) is 99.4 cm³/mol. The average molecular weight is 392 g/mol. The highest BCUT2D eigenvalue weighted by molar-refractivity contribution is 5.73. The van der Waals surface area contributed by atoms with Crippen LogP contribution in [0.2, 0.25) is 0 Å². The van der Waals surface area contributed by atoms with Crippen LogP contribution in [0.4, 0.5) is 0 Å². The van der Waals surface area contributed by atoms with E-state index in [1.54, 1.807) is 0 Å². The molecule has 6 atom stereocenters. The maximum absolute atomic E-state index is 12.3. The molecular formula is C22H32O6. The maximum Gasteiger partial charge on any atom is 0.309 e. The molecule has 3 saturated carbocycles. The number of hydrogen-bond acceptors (Lipinski definition) is 6. The van der Waals surface area contributed by atoms with Crippen LogP contribution in [0.15, 0.2) is 0 Å². The van der Waals surface area contributed by atoms with Crippen molar-refractivity contribution in [3.05, 3.63) is 0 Å². The fourth-order valence-corrected chi connectivity index (χ4v) is 5.44. The fraction of sp³-hybridized carbons (Fsp3) is 0.909. The molecule has 2 aliphatic heterocycles. The standard InChI is InChI=1S/C22H32O6/c23-21(15-5-7-17-19(9-15)27-17)25-11-13-1-2-14(4-3-13)12-26-22(24)16-6-8-18-20(10-16)28-18/h13-20H,1-12H2/t13?,14?,15-,16-,17-,18-,19-,20-/m1/s1. The van der Waals surface area contributed by atoms with Gasteiger partial charge < -0.3 is 18.9 Å². The quantitative estimate of drug-likeness (QED) is 0.511. The lowest BCUT2D eigenvalue weighted by Gasteiger charge is -2.29. The summed E-state index contributed by atoms with van der Waals surface area (Å²) in [6.07, 6.45) is 11.2. The van der Waals surface area contributed by atoms with Crippen LogP contribution in [0, 0.1) is 23.7 Å². The van der Waals surface area contributed by atoms with Crippen molar-refractivity contribution in [2.45, 2.75) is 88.6 Å². The molecule has 156 valence electrons. The van der Waals surface area contributed by atoms with Gasteiger partial charge >= 0.3 is 11.9 Å². The first kappa shape index (κ1) is 18.9. The second-order valence-corrected chi connectivity index (χ2v) is 9.59. The van der Waals surface area contributed by atoms with Gasteiger partial charge in [0, 0.05) is 0 Å². The average Bonchev–Trinajstić information content (AvgIpc) is 3.63. The van der Waals surface area contributed by atoms with Crippen molar-refractivity contribution >= 4 is 11.9 Å². The first-order valence-corrected chi connectivity index (χ1v) is 11.3. The van der Waals surface area contributed by atoms with Gasteiger partial charge in [0.1, 0.15) is 0 Å². The molecule has 3 aliphatic carbocycles. The zero-order valence-electron chi connectivity index (χ0n) is 16.6. The van der Waals surface area contributed by atoms with E-state index in [1.165, 1.54) is 0 Å². The highest BCUT2D eigenvalue weighted by Gasteiger charge is 2.47. The molecule has 0 amide bonds. The van der Waals surface area contributed by atoms with Crippen molar-refractivity contribution in [2.75, 3.05) is 13.2 Å². The van der Waals surface area contributed by atoms with Gasteiger partial charge in [-0.05, 0) is 76.0 Å². The summed E-state index contributed by atoms with van der Waals surface area (Å²) in [6, 6.07) is 0. The van der Waals surface area contributed by atoms with Crippen LogP contribution >= 0.6 is 0 Å². The second-order valence-electron chi connectivity index (χ2n) is 9.59. The number of hydrogen-bond donors (Lipinski definition) is 0. The Morgan fingerprint density at radius 1 is 0.607 bits per heavy atom. The van der Waals surface area contributed by atoms with E-state index in [9.17, 15) is 9.59 Å². The molecule has 2 saturated heterocycles. The Morgan fingerprint density at radius 3 is 1.43 bits per heavy atom. The van der Waals surface area contributed by atoms with E-state index in [4.69, 9.17) is 18.9 Å². The molecule has 0 spiro atoms. The fourth-order valence-electron chi connectivity index (χ4n) is 5.44. The van der Waals surface area contributed by atoms with Crippen LogP contribution < -0.4 is 0 Å². The first-order valence-electron chi connectivity index (χ1n) is 11.3. The Hall–Kier alpha value is -1.14. The molecule has 5 aliphatic rings. The first-order chi connectivity index (χ1) is 13.7. The molecule has 0 aromatic rings. The Labute approximate surface area is 166 Å². The van der Waals surface area contributed by atoms with Gasteiger partial charge in [0.25, 0.3) is 0 Å². The molecule has 6 nitrogen and oxygen atoms in total. The highest BCUT2D eigenvalue weighted by atomic mass is 16.6. The number of esters is 2. The topological polar surface area (TPSA) is 77.7 Å². The van der Waals surface area contributed by atoms with Crippen molar-refractivity contribution in [2.24, 2.45) is 23.7 Å². The molecule has 0 aromatic carbocycles. The Bertz CT molecular complexity index is 546. The van der Waals surface area contributed by atoms with E-state index in [-0.39, 0.29) is 23.8 Å². The summed E-state index contributed by atoms with van der Waals surface area (Å²) in [7, 11) is 0. The molecule has 0 unspecified atom stereocenters. The van der Waals surface area contributed by atoms with Crippen LogP contribution in [-0.2, 0) is 28.5 Å². The van der Waals surface area contributed by atoms with Crippen LogP contribution in [0.1, 0.15) is 64.2 Å². The molecule has 28 heavy (non-hydrogen) atoms. The molecule has 2 heterocycles. The monoisotopic (exact) mass is 392 g/mol. The molecule has 5 fully saturated rings. The summed E-state index contributed by atoms with van der Waals surface area (Å²) < 4.78 is 22.2. The van der Waals surface area contributed by atoms with Crippen molar-refractivity contribution in [3.63, 3.8) is 0 Å². The summed E-state index contributed by atoms with van der Waals surface area (Å²) in [5.41, 5.74) is 0. The molecular weight excluding hydrogens is 360 g/mol. The molecule has 0 aromatic heterocycles. The lowest BCUT2D eigenvalue weighted by Crippen LogP contribution is -2.29. The lowest BCUT2D eigenvalue weighted by atomic mass is 9.82. The van der Waals surface area contributed by atoms with E-state index in [2.05, 4.69) is 0 Å². The Kier molecular flexibility index (Phi) is 5.35. The summed E-state index contributed by atoms with van der Waals surface area (Å²) >= 11 is 0. The number of carbonyl (C=O) groups is 2. The van der Waals surface area contributed by atoms with Gasteiger partial charge in [0.2, 0.25) is 0 Å². The smallest absolute Gasteiger partial charge is 0.309 e. The summed E-state index contributed by atoms with van der Waals surface area (Å²) in [4.78, 5) is 24.6. The number of carbonyl (C=O) groups excluding carboxylic acids is 2. The molecule has 0 bridgehead atoms. The summed E-state index contributed by atoms with van der Waals surface area (Å²) in [5, 5.41) is 0. The third-order valence-electron chi connectivity index (χ3n) is 7.56. The molecule has 5 rings (SSSR count). The van der Waals surface area contributed by atoms with E-state index in [0.29, 0.717) is 49.5 Å². The summed E-state index contributed by atoms with van der Waals surface area (Å²) in [5.74, 6) is 0.920. The van der Waals surface area contributed by atoms with Crippen LogP contribution in [-0.4, -0.2) is 49.6 Å².